The van der Waals surface area contributed by atoms with E-state index in [1.165, 1.54) is 0 Å². The molecule has 0 saturated carbocycles. The highest BCUT2D eigenvalue weighted by molar-refractivity contribution is 5.87. The maximum atomic E-state index is 10.1. The van der Waals surface area contributed by atoms with E-state index in [1.807, 2.05) is 0 Å². The monoisotopic (exact) mass is 131 g/mol. The summed E-state index contributed by atoms with van der Waals surface area (Å²) in [4.78, 5) is 10.1. The van der Waals surface area contributed by atoms with Crippen molar-refractivity contribution < 1.29 is 15.0 Å². The molecule has 0 aromatic rings. The second-order valence-corrected chi connectivity index (χ2v) is 1.62. The summed E-state index contributed by atoms with van der Waals surface area (Å²) in [5.74, 6) is -1.88. The second-order valence-electron chi connectivity index (χ2n) is 1.62. The van der Waals surface area contributed by atoms with E-state index in [1.54, 1.807) is 0 Å². The zero-order valence-electron chi connectivity index (χ0n) is 4.87. The van der Waals surface area contributed by atoms with Crippen LogP contribution in [0.4, 0.5) is 0 Å². The molecule has 0 aromatic carbocycles. The van der Waals surface area contributed by atoms with E-state index in [0.717, 1.165) is 6.21 Å². The van der Waals surface area contributed by atoms with Gasteiger partial charge >= 0.3 is 5.97 Å². The molecule has 9 heavy (non-hydrogen) atoms. The predicted molar refractivity (Wildman–Crippen MR) is 31.6 cm³/mol. The summed E-state index contributed by atoms with van der Waals surface area (Å²) >= 11 is 0. The normalized spacial score (nSPS) is 12.6. The Morgan fingerprint density at radius 3 is 2.44 bits per heavy atom. The Labute approximate surface area is 52.6 Å². The smallest absolute Gasteiger partial charge is 0.312 e. The number of hydrogen-bond acceptors (Lipinski definition) is 3. The molecule has 0 amide bonds. The third-order valence-electron chi connectivity index (χ3n) is 0.958. The number of aliphatic hydroxyl groups excluding tert-OH is 1. The van der Waals surface area contributed by atoms with Gasteiger partial charge in [0, 0.05) is 12.8 Å². The molecule has 0 radical (unpaired) electrons. The standard InChI is InChI=1S/C5H9NO3/c6-3-4(1-2-7)5(8)9/h3-4,6-7H,1-2H2,(H,8,9)/t4-/m1/s1. The van der Waals surface area contributed by atoms with Gasteiger partial charge in [0.15, 0.2) is 0 Å². The topological polar surface area (TPSA) is 81.4 Å². The number of carbonyl (C=O) groups is 1. The fourth-order valence-electron chi connectivity index (χ4n) is 0.417. The average Bonchev–Trinajstić information content (AvgIpc) is 1.82. The van der Waals surface area contributed by atoms with Crippen molar-refractivity contribution in [1.82, 2.24) is 0 Å². The Balaban J connectivity index is 3.68. The van der Waals surface area contributed by atoms with Crippen molar-refractivity contribution in [2.45, 2.75) is 6.42 Å². The molecular weight excluding hydrogens is 122 g/mol. The van der Waals surface area contributed by atoms with Gasteiger partial charge in [0.1, 0.15) is 0 Å². The number of aliphatic carboxylic acids is 1. The minimum absolute atomic E-state index is 0.124. The molecule has 4 nitrogen and oxygen atoms in total. The first-order valence-corrected chi connectivity index (χ1v) is 2.56. The SMILES string of the molecule is N=C[C@@H](CCO)C(=O)O. The van der Waals surface area contributed by atoms with Crippen LogP contribution in [0.3, 0.4) is 0 Å². The maximum absolute atomic E-state index is 10.1. The Morgan fingerprint density at radius 1 is 1.78 bits per heavy atom. The molecule has 0 fully saturated rings. The Morgan fingerprint density at radius 2 is 2.33 bits per heavy atom. The molecular formula is C5H9NO3. The minimum Gasteiger partial charge on any atom is -0.481 e. The van der Waals surface area contributed by atoms with Crippen LogP contribution < -0.4 is 0 Å². The van der Waals surface area contributed by atoms with Gasteiger partial charge in [0.05, 0.1) is 5.92 Å². The molecule has 0 spiro atoms. The summed E-state index contributed by atoms with van der Waals surface area (Å²) in [7, 11) is 0. The van der Waals surface area contributed by atoms with Crippen LogP contribution in [-0.2, 0) is 4.79 Å². The molecule has 0 aliphatic rings. The molecule has 3 N–H and O–H groups in total. The predicted octanol–water partition coefficient (Wildman–Crippen LogP) is -0.281. The molecule has 0 heterocycles. The molecule has 0 aliphatic heterocycles. The van der Waals surface area contributed by atoms with E-state index < -0.39 is 11.9 Å². The number of nitrogens with one attached hydrogen (secondary N) is 1. The van der Waals surface area contributed by atoms with E-state index in [2.05, 4.69) is 0 Å². The number of carboxylic acids is 1. The summed E-state index contributed by atoms with van der Waals surface area (Å²) in [5.41, 5.74) is 0. The average molecular weight is 131 g/mol. The lowest BCUT2D eigenvalue weighted by Crippen LogP contribution is -2.15. The van der Waals surface area contributed by atoms with Crippen LogP contribution in [0.25, 0.3) is 0 Å². The van der Waals surface area contributed by atoms with Crippen LogP contribution in [0.2, 0.25) is 0 Å². The van der Waals surface area contributed by atoms with Crippen molar-refractivity contribution in [3.05, 3.63) is 0 Å². The zero-order chi connectivity index (χ0) is 7.28. The molecule has 0 saturated heterocycles. The van der Waals surface area contributed by atoms with Crippen LogP contribution in [0.15, 0.2) is 0 Å². The first kappa shape index (κ1) is 8.10. The van der Waals surface area contributed by atoms with Crippen molar-refractivity contribution in [1.29, 1.82) is 5.41 Å². The van der Waals surface area contributed by atoms with Gasteiger partial charge in [-0.15, -0.1) is 0 Å². The molecule has 0 unspecified atom stereocenters. The van der Waals surface area contributed by atoms with Crippen molar-refractivity contribution in [2.75, 3.05) is 6.61 Å². The van der Waals surface area contributed by atoms with Crippen LogP contribution in [-0.4, -0.2) is 29.0 Å². The van der Waals surface area contributed by atoms with Crippen molar-refractivity contribution in [2.24, 2.45) is 5.92 Å². The largest absolute Gasteiger partial charge is 0.481 e. The van der Waals surface area contributed by atoms with E-state index >= 15 is 0 Å². The minimum atomic E-state index is -1.06. The highest BCUT2D eigenvalue weighted by Crippen LogP contribution is 1.96. The Bertz CT molecular complexity index is 113. The van der Waals surface area contributed by atoms with E-state index in [9.17, 15) is 4.79 Å². The highest BCUT2D eigenvalue weighted by atomic mass is 16.4. The lowest BCUT2D eigenvalue weighted by atomic mass is 10.1. The molecule has 52 valence electrons. The van der Waals surface area contributed by atoms with E-state index in [-0.39, 0.29) is 13.0 Å². The van der Waals surface area contributed by atoms with Crippen LogP contribution >= 0.6 is 0 Å². The van der Waals surface area contributed by atoms with Gasteiger partial charge in [0.2, 0.25) is 0 Å². The number of carboxylic acid groups (broad SMARTS) is 1. The quantitative estimate of drug-likeness (QED) is 0.459. The van der Waals surface area contributed by atoms with Gasteiger partial charge in [-0.25, -0.2) is 0 Å². The van der Waals surface area contributed by atoms with E-state index in [4.69, 9.17) is 15.6 Å². The van der Waals surface area contributed by atoms with Crippen LogP contribution in [0.5, 0.6) is 0 Å². The lowest BCUT2D eigenvalue weighted by Gasteiger charge is -2.00. The summed E-state index contributed by atoms with van der Waals surface area (Å²) < 4.78 is 0. The maximum Gasteiger partial charge on any atom is 0.312 e. The molecule has 0 rings (SSSR count). The highest BCUT2D eigenvalue weighted by Gasteiger charge is 2.11. The van der Waals surface area contributed by atoms with Gasteiger partial charge in [-0.05, 0) is 6.42 Å². The summed E-state index contributed by atoms with van der Waals surface area (Å²) in [6, 6.07) is 0. The number of rotatable bonds is 4. The van der Waals surface area contributed by atoms with Gasteiger partial charge in [-0.1, -0.05) is 0 Å². The number of hydrogen-bond donors (Lipinski definition) is 3. The lowest BCUT2D eigenvalue weighted by molar-refractivity contribution is -0.139. The molecule has 4 heteroatoms. The molecule has 1 atom stereocenters. The Kier molecular flexibility index (Phi) is 3.62. The summed E-state index contributed by atoms with van der Waals surface area (Å²) in [6.07, 6.45) is 0.942. The fraction of sp³-hybridized carbons (Fsp3) is 0.600. The zero-order valence-corrected chi connectivity index (χ0v) is 4.87. The second kappa shape index (κ2) is 4.03. The van der Waals surface area contributed by atoms with E-state index in [0.29, 0.717) is 0 Å². The van der Waals surface area contributed by atoms with Crippen molar-refractivity contribution in [3.63, 3.8) is 0 Å². The number of aliphatic hydroxyl groups is 1. The first-order valence-electron chi connectivity index (χ1n) is 2.56. The summed E-state index contributed by atoms with van der Waals surface area (Å²) in [6.45, 7) is -0.188. The van der Waals surface area contributed by atoms with Crippen molar-refractivity contribution in [3.8, 4) is 0 Å². The van der Waals surface area contributed by atoms with Gasteiger partial charge in [-0.3, -0.25) is 4.79 Å². The van der Waals surface area contributed by atoms with Gasteiger partial charge < -0.3 is 15.6 Å². The third kappa shape index (κ3) is 2.81. The molecule has 0 aromatic heterocycles. The third-order valence-corrected chi connectivity index (χ3v) is 0.958. The fourth-order valence-corrected chi connectivity index (χ4v) is 0.417. The Hall–Kier alpha value is -0.900. The van der Waals surface area contributed by atoms with Crippen LogP contribution in [0, 0.1) is 11.3 Å². The van der Waals surface area contributed by atoms with Crippen molar-refractivity contribution >= 4 is 12.2 Å². The molecule has 0 aliphatic carbocycles. The molecule has 0 bridgehead atoms. The van der Waals surface area contributed by atoms with Gasteiger partial charge in [-0.2, -0.15) is 0 Å². The van der Waals surface area contributed by atoms with Crippen LogP contribution in [0.1, 0.15) is 6.42 Å². The van der Waals surface area contributed by atoms with Gasteiger partial charge in [0.25, 0.3) is 0 Å². The summed E-state index contributed by atoms with van der Waals surface area (Å²) in [5, 5.41) is 23.1. The first-order chi connectivity index (χ1) is 4.22.